The summed E-state index contributed by atoms with van der Waals surface area (Å²) in [5, 5.41) is 0. The van der Waals surface area contributed by atoms with Crippen molar-refractivity contribution in [3.8, 4) is 22.8 Å². The highest BCUT2D eigenvalue weighted by atomic mass is 16.5. The molecule has 6 heteroatoms. The third-order valence-electron chi connectivity index (χ3n) is 6.02. The zero-order chi connectivity index (χ0) is 20.6. The molecule has 0 N–H and O–H groups in total. The van der Waals surface area contributed by atoms with E-state index in [-0.39, 0.29) is 5.78 Å². The van der Waals surface area contributed by atoms with E-state index in [0.29, 0.717) is 23.5 Å². The van der Waals surface area contributed by atoms with Gasteiger partial charge in [0.25, 0.3) is 0 Å². The second-order valence-corrected chi connectivity index (χ2v) is 7.86. The third-order valence-corrected chi connectivity index (χ3v) is 6.02. The lowest BCUT2D eigenvalue weighted by molar-refractivity contribution is 0.0229. The van der Waals surface area contributed by atoms with Gasteiger partial charge in [0.1, 0.15) is 29.2 Å². The molecule has 1 aromatic heterocycles. The second-order valence-electron chi connectivity index (χ2n) is 7.86. The summed E-state index contributed by atoms with van der Waals surface area (Å²) in [6.07, 6.45) is 3.56. The number of methoxy groups -OCH3 is 1. The van der Waals surface area contributed by atoms with E-state index in [1.54, 1.807) is 25.6 Å². The first kappa shape index (κ1) is 18.6. The second kappa shape index (κ2) is 7.44. The Morgan fingerprint density at radius 3 is 2.60 bits per heavy atom. The Kier molecular flexibility index (Phi) is 4.62. The number of nitrogens with zero attached hydrogens (tertiary/aromatic N) is 3. The number of benzene rings is 2. The van der Waals surface area contributed by atoms with Crippen LogP contribution in [-0.4, -0.2) is 41.6 Å². The summed E-state index contributed by atoms with van der Waals surface area (Å²) in [5.74, 6) is 2.38. The van der Waals surface area contributed by atoms with Gasteiger partial charge in [0.05, 0.1) is 24.8 Å². The molecule has 152 valence electrons. The van der Waals surface area contributed by atoms with E-state index in [4.69, 9.17) is 9.47 Å². The smallest absolute Gasteiger partial charge is 0.170 e. The van der Waals surface area contributed by atoms with Crippen LogP contribution < -0.4 is 14.4 Å². The molecule has 1 spiro atoms. The molecule has 2 aromatic carbocycles. The van der Waals surface area contributed by atoms with Gasteiger partial charge in [0.2, 0.25) is 0 Å². The average Bonchev–Trinajstić information content (AvgIpc) is 2.80. The number of ether oxygens (including phenoxy) is 2. The van der Waals surface area contributed by atoms with Crippen LogP contribution in [0, 0.1) is 0 Å². The molecule has 0 bridgehead atoms. The van der Waals surface area contributed by atoms with Crippen LogP contribution in [0.5, 0.6) is 11.5 Å². The van der Waals surface area contributed by atoms with Crippen LogP contribution in [0.25, 0.3) is 11.3 Å². The fourth-order valence-electron chi connectivity index (χ4n) is 4.31. The van der Waals surface area contributed by atoms with Crippen molar-refractivity contribution in [1.82, 2.24) is 9.97 Å². The van der Waals surface area contributed by atoms with Gasteiger partial charge in [0, 0.05) is 43.6 Å². The molecule has 3 aromatic rings. The van der Waals surface area contributed by atoms with Crippen LogP contribution >= 0.6 is 0 Å². The number of ketones is 1. The van der Waals surface area contributed by atoms with Gasteiger partial charge in [-0.1, -0.05) is 30.3 Å². The highest BCUT2D eigenvalue weighted by Gasteiger charge is 2.43. The summed E-state index contributed by atoms with van der Waals surface area (Å²) >= 11 is 0. The monoisotopic (exact) mass is 401 g/mol. The van der Waals surface area contributed by atoms with E-state index in [9.17, 15) is 4.79 Å². The fraction of sp³-hybridized carbons (Fsp3) is 0.292. The number of piperidine rings is 1. The first-order valence-corrected chi connectivity index (χ1v) is 10.2. The molecule has 6 nitrogen and oxygen atoms in total. The van der Waals surface area contributed by atoms with Crippen LogP contribution in [0.3, 0.4) is 0 Å². The first-order chi connectivity index (χ1) is 14.7. The normalized spacial score (nSPS) is 17.4. The number of anilines is 1. The Morgan fingerprint density at radius 2 is 1.83 bits per heavy atom. The molecule has 0 radical (unpaired) electrons. The topological polar surface area (TPSA) is 64.6 Å². The Labute approximate surface area is 175 Å². The summed E-state index contributed by atoms with van der Waals surface area (Å²) in [5.41, 5.74) is 2.17. The van der Waals surface area contributed by atoms with Crippen molar-refractivity contribution in [2.75, 3.05) is 25.1 Å². The van der Waals surface area contributed by atoms with E-state index in [0.717, 1.165) is 43.0 Å². The molecular weight excluding hydrogens is 378 g/mol. The lowest BCUT2D eigenvalue weighted by Gasteiger charge is -2.44. The molecule has 0 aliphatic carbocycles. The lowest BCUT2D eigenvalue weighted by atomic mass is 9.82. The van der Waals surface area contributed by atoms with Crippen LogP contribution in [0.4, 0.5) is 5.82 Å². The molecular formula is C24H23N3O3. The molecule has 3 heterocycles. The van der Waals surface area contributed by atoms with E-state index < -0.39 is 5.60 Å². The van der Waals surface area contributed by atoms with Gasteiger partial charge in [-0.05, 0) is 12.1 Å². The Bertz CT molecular complexity index is 1080. The maximum absolute atomic E-state index is 12.8. The quantitative estimate of drug-likeness (QED) is 0.657. The predicted octanol–water partition coefficient (Wildman–Crippen LogP) is 4.16. The number of hydrogen-bond acceptors (Lipinski definition) is 6. The van der Waals surface area contributed by atoms with Crippen molar-refractivity contribution in [2.24, 2.45) is 0 Å². The van der Waals surface area contributed by atoms with Crippen LogP contribution in [-0.2, 0) is 0 Å². The highest BCUT2D eigenvalue weighted by Crippen LogP contribution is 2.41. The highest BCUT2D eigenvalue weighted by molar-refractivity contribution is 6.00. The van der Waals surface area contributed by atoms with Crippen molar-refractivity contribution in [2.45, 2.75) is 24.9 Å². The van der Waals surface area contributed by atoms with E-state index in [1.165, 1.54) is 0 Å². The van der Waals surface area contributed by atoms with Gasteiger partial charge >= 0.3 is 0 Å². The minimum atomic E-state index is -0.456. The molecule has 2 aliphatic heterocycles. The molecule has 0 amide bonds. The van der Waals surface area contributed by atoms with Crippen LogP contribution in [0.1, 0.15) is 29.6 Å². The summed E-state index contributed by atoms with van der Waals surface area (Å²) < 4.78 is 11.7. The van der Waals surface area contributed by atoms with Crippen molar-refractivity contribution >= 4 is 11.6 Å². The number of hydrogen-bond donors (Lipinski definition) is 0. The largest absolute Gasteiger partial charge is 0.497 e. The number of Topliss-reactive ketones (excluding diaryl/α,β-unsaturated/α-hetero) is 1. The summed E-state index contributed by atoms with van der Waals surface area (Å²) in [7, 11) is 1.62. The molecule has 2 aliphatic rings. The zero-order valence-corrected chi connectivity index (χ0v) is 16.9. The maximum Gasteiger partial charge on any atom is 0.170 e. The Balaban J connectivity index is 1.34. The van der Waals surface area contributed by atoms with Gasteiger partial charge < -0.3 is 14.4 Å². The number of aromatic nitrogens is 2. The minimum absolute atomic E-state index is 0.140. The summed E-state index contributed by atoms with van der Waals surface area (Å²) in [4.78, 5) is 23.9. The average molecular weight is 401 g/mol. The number of fused-ring (bicyclic) bond motifs is 1. The maximum atomic E-state index is 12.8. The van der Waals surface area contributed by atoms with Gasteiger partial charge in [-0.25, -0.2) is 9.97 Å². The predicted molar refractivity (Wildman–Crippen MR) is 114 cm³/mol. The summed E-state index contributed by atoms with van der Waals surface area (Å²) in [6, 6.07) is 17.5. The Morgan fingerprint density at radius 1 is 1.03 bits per heavy atom. The third kappa shape index (κ3) is 3.38. The lowest BCUT2D eigenvalue weighted by Crippen LogP contribution is -2.51. The standard InChI is InChI=1S/C24H23N3O3/c1-29-18-7-8-19-21(28)15-24(30-22(19)13-18)9-11-27(12-10-24)23-14-20(25-16-26-23)17-5-3-2-4-6-17/h2-8,13-14,16H,9-12,15H2,1H3. The zero-order valence-electron chi connectivity index (χ0n) is 16.9. The van der Waals surface area contributed by atoms with Crippen molar-refractivity contribution < 1.29 is 14.3 Å². The molecule has 0 atom stereocenters. The van der Waals surface area contributed by atoms with Gasteiger partial charge in [-0.15, -0.1) is 0 Å². The Hall–Kier alpha value is -3.41. The molecule has 1 fully saturated rings. The number of carbonyl (C=O) groups excluding carboxylic acids is 1. The fourth-order valence-corrected chi connectivity index (χ4v) is 4.31. The van der Waals surface area contributed by atoms with E-state index >= 15 is 0 Å². The van der Waals surface area contributed by atoms with Gasteiger partial charge in [-0.3, -0.25) is 4.79 Å². The van der Waals surface area contributed by atoms with E-state index in [1.807, 2.05) is 42.5 Å². The SMILES string of the molecule is COc1ccc2c(c1)OC1(CCN(c3cc(-c4ccccc4)ncn3)CC1)CC2=O. The number of carbonyl (C=O) groups is 1. The van der Waals surface area contributed by atoms with Crippen molar-refractivity contribution in [1.29, 1.82) is 0 Å². The van der Waals surface area contributed by atoms with Crippen molar-refractivity contribution in [3.63, 3.8) is 0 Å². The van der Waals surface area contributed by atoms with Crippen LogP contribution in [0.2, 0.25) is 0 Å². The molecule has 5 rings (SSSR count). The van der Waals surface area contributed by atoms with E-state index in [2.05, 4.69) is 14.9 Å². The minimum Gasteiger partial charge on any atom is -0.497 e. The molecule has 30 heavy (non-hydrogen) atoms. The summed E-state index contributed by atoms with van der Waals surface area (Å²) in [6.45, 7) is 1.55. The molecule has 1 saturated heterocycles. The van der Waals surface area contributed by atoms with Gasteiger partial charge in [0.15, 0.2) is 5.78 Å². The van der Waals surface area contributed by atoms with Crippen molar-refractivity contribution in [3.05, 3.63) is 66.5 Å². The first-order valence-electron chi connectivity index (χ1n) is 10.2. The molecule has 0 saturated carbocycles. The molecule has 0 unspecified atom stereocenters. The van der Waals surface area contributed by atoms with Crippen LogP contribution in [0.15, 0.2) is 60.9 Å². The number of rotatable bonds is 3. The van der Waals surface area contributed by atoms with Gasteiger partial charge in [-0.2, -0.15) is 0 Å².